The Hall–Kier alpha value is -2.67. The second-order valence-corrected chi connectivity index (χ2v) is 10.2. The molecule has 0 spiro atoms. The molecule has 0 amide bonds. The minimum Gasteiger partial charge on any atom is -0.373 e. The Labute approximate surface area is 233 Å². The predicted octanol–water partition coefficient (Wildman–Crippen LogP) is 6.04. The van der Waals surface area contributed by atoms with Crippen molar-refractivity contribution in [1.82, 2.24) is 20.1 Å². The van der Waals surface area contributed by atoms with Crippen molar-refractivity contribution in [3.8, 4) is 0 Å². The fourth-order valence-electron chi connectivity index (χ4n) is 5.75. The van der Waals surface area contributed by atoms with Crippen LogP contribution in [0.3, 0.4) is 0 Å². The van der Waals surface area contributed by atoms with Crippen LogP contribution in [0.25, 0.3) is 0 Å². The highest BCUT2D eigenvalue weighted by Crippen LogP contribution is 2.48. The van der Waals surface area contributed by atoms with E-state index in [1.165, 1.54) is 0 Å². The highest BCUT2D eigenvalue weighted by molar-refractivity contribution is 5.85. The summed E-state index contributed by atoms with van der Waals surface area (Å²) in [6, 6.07) is 11.3. The van der Waals surface area contributed by atoms with E-state index in [9.17, 15) is 26.3 Å². The topological polar surface area (TPSA) is 61.2 Å². The lowest BCUT2D eigenvalue weighted by atomic mass is 9.80. The first-order valence-corrected chi connectivity index (χ1v) is 12.6. The van der Waals surface area contributed by atoms with Crippen molar-refractivity contribution in [2.75, 3.05) is 6.61 Å². The van der Waals surface area contributed by atoms with Crippen molar-refractivity contribution in [2.45, 2.75) is 62.5 Å². The van der Waals surface area contributed by atoms with Crippen molar-refractivity contribution in [1.29, 1.82) is 0 Å². The summed E-state index contributed by atoms with van der Waals surface area (Å²) in [5.74, 6) is 0.692. The third-order valence-electron chi connectivity index (χ3n) is 7.48. The van der Waals surface area contributed by atoms with Gasteiger partial charge in [-0.25, -0.2) is 4.98 Å². The number of halogens is 7. The van der Waals surface area contributed by atoms with Gasteiger partial charge in [-0.2, -0.15) is 31.4 Å². The van der Waals surface area contributed by atoms with Gasteiger partial charge in [-0.15, -0.1) is 12.4 Å². The summed E-state index contributed by atoms with van der Waals surface area (Å²) >= 11 is 0. The van der Waals surface area contributed by atoms with E-state index in [2.05, 4.69) is 15.4 Å². The summed E-state index contributed by atoms with van der Waals surface area (Å²) in [5, 5.41) is 7.89. The molecule has 40 heavy (non-hydrogen) atoms. The number of alkyl halides is 6. The lowest BCUT2D eigenvalue weighted by Crippen LogP contribution is -2.54. The number of hydrogen-bond acceptors (Lipinski definition) is 5. The molecule has 4 atom stereocenters. The Bertz CT molecular complexity index is 1250. The summed E-state index contributed by atoms with van der Waals surface area (Å²) in [6.45, 7) is 0.324. The maximum Gasteiger partial charge on any atom is 0.416 e. The van der Waals surface area contributed by atoms with Crippen LogP contribution < -0.4 is 5.32 Å². The van der Waals surface area contributed by atoms with Crippen molar-refractivity contribution >= 4 is 12.4 Å². The third kappa shape index (κ3) is 6.45. The molecule has 218 valence electrons. The maximum absolute atomic E-state index is 13.4. The SMILES string of the molecule is Cl.Cn1cnc(COC[C@@H]2C[C@]3(c4ccccc4)N[C@H]2CC[C@H]3OCc2cc(C(F)(F)F)cc(C(F)(F)F)c2)n1. The number of nitrogens with zero attached hydrogens (tertiary/aromatic N) is 3. The molecule has 3 heterocycles. The number of benzene rings is 2. The highest BCUT2D eigenvalue weighted by Gasteiger charge is 2.54. The van der Waals surface area contributed by atoms with E-state index < -0.39 is 35.1 Å². The molecule has 2 aliphatic heterocycles. The Kier molecular flexibility index (Phi) is 8.84. The zero-order chi connectivity index (χ0) is 27.8. The Morgan fingerprint density at radius 2 is 1.65 bits per heavy atom. The van der Waals surface area contributed by atoms with Gasteiger partial charge < -0.3 is 14.8 Å². The van der Waals surface area contributed by atoms with Gasteiger partial charge in [-0.3, -0.25) is 4.68 Å². The minimum absolute atomic E-state index is 0. The summed E-state index contributed by atoms with van der Waals surface area (Å²) in [6.07, 6.45) is -6.74. The lowest BCUT2D eigenvalue weighted by Gasteiger charge is -2.42. The molecule has 2 fully saturated rings. The van der Waals surface area contributed by atoms with Gasteiger partial charge in [0.15, 0.2) is 5.82 Å². The van der Waals surface area contributed by atoms with Crippen LogP contribution in [0.1, 0.15) is 47.3 Å². The smallest absolute Gasteiger partial charge is 0.373 e. The molecule has 0 radical (unpaired) electrons. The Balaban J connectivity index is 0.00000370. The quantitative estimate of drug-likeness (QED) is 0.324. The average molecular weight is 591 g/mol. The molecule has 2 aromatic carbocycles. The van der Waals surface area contributed by atoms with Crippen LogP contribution in [-0.4, -0.2) is 33.5 Å². The van der Waals surface area contributed by atoms with E-state index in [1.807, 2.05) is 30.3 Å². The fourth-order valence-corrected chi connectivity index (χ4v) is 5.75. The maximum atomic E-state index is 13.4. The van der Waals surface area contributed by atoms with Crippen LogP contribution in [0.4, 0.5) is 26.3 Å². The number of fused-ring (bicyclic) bond motifs is 2. The largest absolute Gasteiger partial charge is 0.416 e. The molecule has 6 nitrogen and oxygen atoms in total. The highest BCUT2D eigenvalue weighted by atomic mass is 35.5. The van der Waals surface area contributed by atoms with Crippen LogP contribution >= 0.6 is 12.4 Å². The fraction of sp³-hybridized carbons (Fsp3) is 0.481. The van der Waals surface area contributed by atoms with Gasteiger partial charge in [0.2, 0.25) is 0 Å². The second kappa shape index (κ2) is 11.7. The minimum atomic E-state index is -4.91. The van der Waals surface area contributed by atoms with Crippen LogP contribution in [0.2, 0.25) is 0 Å². The number of nitrogens with one attached hydrogen (secondary N) is 1. The van der Waals surface area contributed by atoms with Gasteiger partial charge in [0.05, 0.1) is 36.0 Å². The second-order valence-electron chi connectivity index (χ2n) is 10.2. The van der Waals surface area contributed by atoms with E-state index in [4.69, 9.17) is 9.47 Å². The molecule has 3 aromatic rings. The van der Waals surface area contributed by atoms with Crippen LogP contribution in [0.5, 0.6) is 0 Å². The normalized spacial score (nSPS) is 24.6. The zero-order valence-corrected chi connectivity index (χ0v) is 22.3. The van der Waals surface area contributed by atoms with Crippen molar-refractivity contribution in [3.05, 3.63) is 82.9 Å². The Morgan fingerprint density at radius 3 is 2.25 bits per heavy atom. The summed E-state index contributed by atoms with van der Waals surface area (Å²) in [5.41, 5.74) is -2.58. The molecule has 5 rings (SSSR count). The molecule has 0 aliphatic carbocycles. The summed E-state index contributed by atoms with van der Waals surface area (Å²) in [7, 11) is 1.77. The van der Waals surface area contributed by atoms with Crippen LogP contribution in [0.15, 0.2) is 54.9 Å². The number of aromatic nitrogens is 3. The van der Waals surface area contributed by atoms with E-state index >= 15 is 0 Å². The molecular weight excluding hydrogens is 562 g/mol. The lowest BCUT2D eigenvalue weighted by molar-refractivity contribution is -0.143. The molecule has 2 saturated heterocycles. The number of hydrogen-bond donors (Lipinski definition) is 1. The first kappa shape index (κ1) is 30.3. The zero-order valence-electron chi connectivity index (χ0n) is 21.5. The van der Waals surface area contributed by atoms with E-state index in [0.717, 1.165) is 24.1 Å². The molecule has 0 unspecified atom stereocenters. The summed E-state index contributed by atoms with van der Waals surface area (Å²) in [4.78, 5) is 4.17. The van der Waals surface area contributed by atoms with E-state index in [-0.39, 0.29) is 49.2 Å². The van der Waals surface area contributed by atoms with Crippen molar-refractivity contribution in [3.63, 3.8) is 0 Å². The van der Waals surface area contributed by atoms with Gasteiger partial charge >= 0.3 is 12.4 Å². The number of rotatable bonds is 8. The molecule has 1 aromatic heterocycles. The van der Waals surface area contributed by atoms with Gasteiger partial charge in [0.25, 0.3) is 0 Å². The van der Waals surface area contributed by atoms with Crippen molar-refractivity contribution in [2.24, 2.45) is 13.0 Å². The third-order valence-corrected chi connectivity index (χ3v) is 7.48. The van der Waals surface area contributed by atoms with Gasteiger partial charge in [0.1, 0.15) is 12.9 Å². The molecule has 2 aliphatic rings. The average Bonchev–Trinajstić information content (AvgIpc) is 3.44. The molecule has 1 N–H and O–H groups in total. The molecule has 13 heteroatoms. The van der Waals surface area contributed by atoms with Crippen LogP contribution in [-0.2, 0) is 47.6 Å². The standard InChI is InChI=1S/C27H28F6N4O2.ClH/c1-37-16-34-24(36-37)15-38-14-18-12-25(19-5-3-2-4-6-19)23(8-7-22(18)35-25)39-13-17-9-20(26(28,29)30)11-21(10-17)27(31,32)33;/h2-6,9-11,16,18,22-23,35H,7-8,12-15H2,1H3;1H/t18-,22-,23+,25+;/m0./s1. The first-order valence-electron chi connectivity index (χ1n) is 12.6. The van der Waals surface area contributed by atoms with Gasteiger partial charge in [-0.05, 0) is 54.5 Å². The number of ether oxygens (including phenoxy) is 2. The van der Waals surface area contributed by atoms with Crippen molar-refractivity contribution < 1.29 is 35.8 Å². The summed E-state index contributed by atoms with van der Waals surface area (Å²) < 4.78 is 93.8. The molecular formula is C27H29ClF6N4O2. The molecule has 2 bridgehead atoms. The first-order chi connectivity index (χ1) is 18.4. The van der Waals surface area contributed by atoms with E-state index in [1.54, 1.807) is 18.1 Å². The van der Waals surface area contributed by atoms with Gasteiger partial charge in [0, 0.05) is 13.1 Å². The monoisotopic (exact) mass is 590 g/mol. The van der Waals surface area contributed by atoms with Crippen LogP contribution in [0, 0.1) is 5.92 Å². The number of piperidine rings is 1. The predicted molar refractivity (Wildman–Crippen MR) is 135 cm³/mol. The Morgan fingerprint density at radius 1 is 0.975 bits per heavy atom. The molecule has 0 saturated carbocycles. The number of aryl methyl sites for hydroxylation is 1. The van der Waals surface area contributed by atoms with Gasteiger partial charge in [-0.1, -0.05) is 30.3 Å². The van der Waals surface area contributed by atoms with E-state index in [0.29, 0.717) is 25.3 Å².